The Bertz CT molecular complexity index is 334. The van der Waals surface area contributed by atoms with Crippen LogP contribution in [-0.2, 0) is 6.42 Å². The number of hydrogen-bond donors (Lipinski definition) is 0. The van der Waals surface area contributed by atoms with Gasteiger partial charge in [0.25, 0.3) is 0 Å². The second-order valence-corrected chi connectivity index (χ2v) is 4.74. The van der Waals surface area contributed by atoms with Gasteiger partial charge in [-0.25, -0.2) is 0 Å². The molecule has 0 aromatic heterocycles. The van der Waals surface area contributed by atoms with Crippen LogP contribution in [0.4, 0.5) is 0 Å². The summed E-state index contributed by atoms with van der Waals surface area (Å²) in [6.45, 7) is 6.57. The summed E-state index contributed by atoms with van der Waals surface area (Å²) in [5.41, 5.74) is 2.58. The molecule has 2 heteroatoms. The van der Waals surface area contributed by atoms with E-state index in [1.54, 1.807) is 7.11 Å². The number of benzene rings is 1. The SMILES string of the molecule is CCc1cc(C(CCl)C(C)C)ccc1OC. The van der Waals surface area contributed by atoms with Crippen molar-refractivity contribution in [2.24, 2.45) is 5.92 Å². The summed E-state index contributed by atoms with van der Waals surface area (Å²) in [5.74, 6) is 2.64. The standard InChI is InChI=1S/C14H21ClO/c1-5-11-8-12(6-7-14(11)16-4)13(9-15)10(2)3/h6-8,10,13H,5,9H2,1-4H3. The van der Waals surface area contributed by atoms with E-state index in [0.29, 0.717) is 17.7 Å². The maximum atomic E-state index is 6.04. The van der Waals surface area contributed by atoms with Crippen LogP contribution in [-0.4, -0.2) is 13.0 Å². The summed E-state index contributed by atoms with van der Waals surface area (Å²) in [6.07, 6.45) is 0.990. The molecular formula is C14H21ClO. The normalized spacial score (nSPS) is 12.9. The first-order valence-corrected chi connectivity index (χ1v) is 6.40. The van der Waals surface area contributed by atoms with Crippen LogP contribution in [0.5, 0.6) is 5.75 Å². The van der Waals surface area contributed by atoms with Crippen LogP contribution in [0.3, 0.4) is 0 Å². The van der Waals surface area contributed by atoms with Gasteiger partial charge in [-0.05, 0) is 35.4 Å². The maximum absolute atomic E-state index is 6.04. The van der Waals surface area contributed by atoms with Crippen molar-refractivity contribution >= 4 is 11.6 Å². The Balaban J connectivity index is 3.06. The Morgan fingerprint density at radius 2 is 2.00 bits per heavy atom. The quantitative estimate of drug-likeness (QED) is 0.700. The first-order chi connectivity index (χ1) is 7.63. The van der Waals surface area contributed by atoms with Crippen LogP contribution >= 0.6 is 11.6 Å². The van der Waals surface area contributed by atoms with Crippen LogP contribution in [0, 0.1) is 5.92 Å². The van der Waals surface area contributed by atoms with Crippen LogP contribution in [0.2, 0.25) is 0 Å². The average Bonchev–Trinajstić information content (AvgIpc) is 2.29. The van der Waals surface area contributed by atoms with E-state index < -0.39 is 0 Å². The number of hydrogen-bond acceptors (Lipinski definition) is 1. The van der Waals surface area contributed by atoms with E-state index in [0.717, 1.165) is 12.2 Å². The highest BCUT2D eigenvalue weighted by molar-refractivity contribution is 6.18. The smallest absolute Gasteiger partial charge is 0.122 e. The molecule has 0 spiro atoms. The minimum atomic E-state index is 0.429. The van der Waals surface area contributed by atoms with Gasteiger partial charge in [0.1, 0.15) is 5.75 Å². The second kappa shape index (κ2) is 6.15. The molecule has 0 fully saturated rings. The van der Waals surface area contributed by atoms with Gasteiger partial charge in [-0.2, -0.15) is 0 Å². The second-order valence-electron chi connectivity index (χ2n) is 4.43. The van der Waals surface area contributed by atoms with Crippen molar-refractivity contribution in [3.05, 3.63) is 29.3 Å². The van der Waals surface area contributed by atoms with Crippen molar-refractivity contribution in [3.63, 3.8) is 0 Å². The van der Waals surface area contributed by atoms with Gasteiger partial charge in [0, 0.05) is 5.88 Å². The Hall–Kier alpha value is -0.690. The van der Waals surface area contributed by atoms with Crippen molar-refractivity contribution in [3.8, 4) is 5.75 Å². The third-order valence-electron chi connectivity index (χ3n) is 3.08. The first kappa shape index (κ1) is 13.4. The van der Waals surface area contributed by atoms with Crippen molar-refractivity contribution < 1.29 is 4.74 Å². The van der Waals surface area contributed by atoms with E-state index >= 15 is 0 Å². The number of methoxy groups -OCH3 is 1. The molecule has 0 aliphatic rings. The molecule has 90 valence electrons. The lowest BCUT2D eigenvalue weighted by Crippen LogP contribution is -2.09. The molecule has 1 rings (SSSR count). The summed E-state index contributed by atoms with van der Waals surface area (Å²) in [4.78, 5) is 0. The fourth-order valence-electron chi connectivity index (χ4n) is 1.96. The molecule has 0 amide bonds. The number of aryl methyl sites for hydroxylation is 1. The zero-order valence-corrected chi connectivity index (χ0v) is 11.3. The Morgan fingerprint density at radius 1 is 1.31 bits per heavy atom. The summed E-state index contributed by atoms with van der Waals surface area (Å²) in [6, 6.07) is 6.41. The molecule has 0 aliphatic carbocycles. The summed E-state index contributed by atoms with van der Waals surface area (Å²) >= 11 is 6.04. The Morgan fingerprint density at radius 3 is 2.44 bits per heavy atom. The predicted octanol–water partition coefficient (Wildman–Crippen LogP) is 4.24. The molecule has 1 unspecified atom stereocenters. The van der Waals surface area contributed by atoms with E-state index in [2.05, 4.69) is 39.0 Å². The zero-order chi connectivity index (χ0) is 12.1. The van der Waals surface area contributed by atoms with Crippen molar-refractivity contribution in [2.75, 3.05) is 13.0 Å². The summed E-state index contributed by atoms with van der Waals surface area (Å²) in [5, 5.41) is 0. The predicted molar refractivity (Wildman–Crippen MR) is 70.7 cm³/mol. The maximum Gasteiger partial charge on any atom is 0.122 e. The van der Waals surface area contributed by atoms with Gasteiger partial charge in [-0.3, -0.25) is 0 Å². The highest BCUT2D eigenvalue weighted by atomic mass is 35.5. The van der Waals surface area contributed by atoms with Gasteiger partial charge < -0.3 is 4.74 Å². The molecule has 0 aliphatic heterocycles. The lowest BCUT2D eigenvalue weighted by molar-refractivity contribution is 0.409. The third kappa shape index (κ3) is 2.91. The van der Waals surface area contributed by atoms with Crippen LogP contribution in [0.1, 0.15) is 37.8 Å². The van der Waals surface area contributed by atoms with Crippen molar-refractivity contribution in [1.29, 1.82) is 0 Å². The highest BCUT2D eigenvalue weighted by Crippen LogP contribution is 2.29. The number of ether oxygens (including phenoxy) is 1. The molecular weight excluding hydrogens is 220 g/mol. The molecule has 0 saturated heterocycles. The van der Waals surface area contributed by atoms with Gasteiger partial charge in [0.2, 0.25) is 0 Å². The van der Waals surface area contributed by atoms with Crippen LogP contribution in [0.25, 0.3) is 0 Å². The van der Waals surface area contributed by atoms with Gasteiger partial charge in [0.05, 0.1) is 7.11 Å². The molecule has 1 aromatic rings. The largest absolute Gasteiger partial charge is 0.496 e. The Kier molecular flexibility index (Phi) is 5.14. The number of alkyl halides is 1. The van der Waals surface area contributed by atoms with E-state index in [1.807, 2.05) is 0 Å². The van der Waals surface area contributed by atoms with Crippen LogP contribution < -0.4 is 4.74 Å². The Labute approximate surface area is 104 Å². The lowest BCUT2D eigenvalue weighted by Gasteiger charge is -2.20. The fourth-order valence-corrected chi connectivity index (χ4v) is 2.49. The number of rotatable bonds is 5. The molecule has 0 bridgehead atoms. The summed E-state index contributed by atoms with van der Waals surface area (Å²) < 4.78 is 5.33. The monoisotopic (exact) mass is 240 g/mol. The van der Waals surface area contributed by atoms with Gasteiger partial charge >= 0.3 is 0 Å². The zero-order valence-electron chi connectivity index (χ0n) is 10.6. The highest BCUT2D eigenvalue weighted by Gasteiger charge is 2.15. The molecule has 0 radical (unpaired) electrons. The number of halogens is 1. The lowest BCUT2D eigenvalue weighted by atomic mass is 9.89. The molecule has 16 heavy (non-hydrogen) atoms. The minimum Gasteiger partial charge on any atom is -0.496 e. The topological polar surface area (TPSA) is 9.23 Å². The molecule has 0 N–H and O–H groups in total. The van der Waals surface area contributed by atoms with Gasteiger partial charge in [0.15, 0.2) is 0 Å². The van der Waals surface area contributed by atoms with E-state index in [9.17, 15) is 0 Å². The molecule has 0 saturated carbocycles. The van der Waals surface area contributed by atoms with Crippen molar-refractivity contribution in [2.45, 2.75) is 33.1 Å². The van der Waals surface area contributed by atoms with Gasteiger partial charge in [-0.1, -0.05) is 32.9 Å². The van der Waals surface area contributed by atoms with Crippen LogP contribution in [0.15, 0.2) is 18.2 Å². The molecule has 0 heterocycles. The molecule has 1 aromatic carbocycles. The molecule has 1 atom stereocenters. The van der Waals surface area contributed by atoms with E-state index in [1.165, 1.54) is 11.1 Å². The van der Waals surface area contributed by atoms with E-state index in [-0.39, 0.29) is 0 Å². The summed E-state index contributed by atoms with van der Waals surface area (Å²) in [7, 11) is 1.72. The average molecular weight is 241 g/mol. The molecule has 1 nitrogen and oxygen atoms in total. The van der Waals surface area contributed by atoms with Crippen molar-refractivity contribution in [1.82, 2.24) is 0 Å². The minimum absolute atomic E-state index is 0.429. The fraction of sp³-hybridized carbons (Fsp3) is 0.571. The van der Waals surface area contributed by atoms with Gasteiger partial charge in [-0.15, -0.1) is 11.6 Å². The third-order valence-corrected chi connectivity index (χ3v) is 3.42. The van der Waals surface area contributed by atoms with E-state index in [4.69, 9.17) is 16.3 Å². The first-order valence-electron chi connectivity index (χ1n) is 5.86.